The zero-order chi connectivity index (χ0) is 14.7. The van der Waals surface area contributed by atoms with Gasteiger partial charge >= 0.3 is 0 Å². The van der Waals surface area contributed by atoms with E-state index < -0.39 is 0 Å². The molecular weight excluding hydrogens is 273 g/mol. The first-order valence-corrected chi connectivity index (χ1v) is 6.35. The van der Waals surface area contributed by atoms with Crippen molar-refractivity contribution in [2.75, 3.05) is 12.1 Å². The number of nitrogens with one attached hydrogen (secondary N) is 1. The predicted octanol–water partition coefficient (Wildman–Crippen LogP) is 3.36. The fourth-order valence-electron chi connectivity index (χ4n) is 1.91. The molecule has 2 aromatic rings. The molecule has 0 atom stereocenters. The third-order valence-corrected chi connectivity index (χ3v) is 2.99. The highest BCUT2D eigenvalue weighted by Gasteiger charge is 2.14. The fourth-order valence-corrected chi connectivity index (χ4v) is 1.91. The minimum Gasteiger partial charge on any atom is -0.454 e. The largest absolute Gasteiger partial charge is 0.454 e. The molecule has 0 amide bonds. The van der Waals surface area contributed by atoms with Crippen LogP contribution >= 0.6 is 0 Å². The number of hydrogen-bond acceptors (Lipinski definition) is 4. The third kappa shape index (κ3) is 3.02. The molecule has 3 rings (SSSR count). The Balaban J connectivity index is 1.65. The second kappa shape index (κ2) is 5.66. The van der Waals surface area contributed by atoms with E-state index in [1.54, 1.807) is 30.3 Å². The maximum atomic E-state index is 12.7. The number of ketones is 1. The molecule has 0 saturated heterocycles. The molecule has 5 heteroatoms. The Hall–Kier alpha value is -2.82. The van der Waals surface area contributed by atoms with E-state index >= 15 is 0 Å². The first-order valence-electron chi connectivity index (χ1n) is 6.35. The topological polar surface area (TPSA) is 47.6 Å². The molecular formula is C16H12FNO3. The maximum absolute atomic E-state index is 12.7. The quantitative estimate of drug-likeness (QED) is 0.691. The van der Waals surface area contributed by atoms with E-state index in [1.165, 1.54) is 24.4 Å². The monoisotopic (exact) mass is 285 g/mol. The lowest BCUT2D eigenvalue weighted by molar-refractivity contribution is 0.104. The number of ether oxygens (including phenoxy) is 2. The first-order chi connectivity index (χ1) is 10.2. The van der Waals surface area contributed by atoms with Crippen LogP contribution in [0, 0.1) is 5.82 Å². The first kappa shape index (κ1) is 13.2. The Bertz CT molecular complexity index is 695. The van der Waals surface area contributed by atoms with Crippen molar-refractivity contribution in [1.82, 2.24) is 0 Å². The molecule has 1 aliphatic rings. The number of fused-ring (bicyclic) bond motifs is 1. The SMILES string of the molecule is O=C(C=CNc1ccc(F)cc1)c1ccc2c(c1)OCO2. The normalized spacial score (nSPS) is 12.6. The molecule has 106 valence electrons. The fraction of sp³-hybridized carbons (Fsp3) is 0.0625. The number of hydrogen-bond donors (Lipinski definition) is 1. The van der Waals surface area contributed by atoms with Crippen molar-refractivity contribution in [1.29, 1.82) is 0 Å². The number of carbonyl (C=O) groups is 1. The van der Waals surface area contributed by atoms with Crippen molar-refractivity contribution >= 4 is 11.5 Å². The molecule has 0 bridgehead atoms. The van der Waals surface area contributed by atoms with Gasteiger partial charge < -0.3 is 14.8 Å². The highest BCUT2D eigenvalue weighted by molar-refractivity contribution is 6.05. The van der Waals surface area contributed by atoms with E-state index in [0.29, 0.717) is 22.7 Å². The summed E-state index contributed by atoms with van der Waals surface area (Å²) in [5.74, 6) is 0.740. The second-order valence-electron chi connectivity index (χ2n) is 4.42. The van der Waals surface area contributed by atoms with Crippen LogP contribution in [0.4, 0.5) is 10.1 Å². The Morgan fingerprint density at radius 2 is 1.86 bits per heavy atom. The van der Waals surface area contributed by atoms with Crippen LogP contribution in [-0.2, 0) is 0 Å². The highest BCUT2D eigenvalue weighted by Crippen LogP contribution is 2.32. The number of halogens is 1. The van der Waals surface area contributed by atoms with E-state index in [-0.39, 0.29) is 18.4 Å². The van der Waals surface area contributed by atoms with Crippen molar-refractivity contribution in [3.05, 3.63) is 66.1 Å². The molecule has 0 radical (unpaired) electrons. The van der Waals surface area contributed by atoms with Gasteiger partial charge in [0.1, 0.15) is 5.82 Å². The van der Waals surface area contributed by atoms with Gasteiger partial charge in [0.25, 0.3) is 0 Å². The summed E-state index contributed by atoms with van der Waals surface area (Å²) in [4.78, 5) is 12.0. The summed E-state index contributed by atoms with van der Waals surface area (Å²) in [5, 5.41) is 2.90. The van der Waals surface area contributed by atoms with Crippen molar-refractivity contribution < 1.29 is 18.7 Å². The summed E-state index contributed by atoms with van der Waals surface area (Å²) in [6.45, 7) is 0.176. The van der Waals surface area contributed by atoms with E-state index in [4.69, 9.17) is 9.47 Å². The van der Waals surface area contributed by atoms with Gasteiger partial charge in [0.05, 0.1) is 0 Å². The minimum absolute atomic E-state index is 0.164. The standard InChI is InChI=1S/C16H12FNO3/c17-12-2-4-13(5-3-12)18-8-7-14(19)11-1-6-15-16(9-11)21-10-20-15/h1-9,18H,10H2. The molecule has 4 nitrogen and oxygen atoms in total. The molecule has 0 fully saturated rings. The number of allylic oxidation sites excluding steroid dienone is 1. The number of carbonyl (C=O) groups excluding carboxylic acids is 1. The summed E-state index contributed by atoms with van der Waals surface area (Å²) in [6.07, 6.45) is 2.92. The molecule has 1 aliphatic heterocycles. The van der Waals surface area contributed by atoms with Gasteiger partial charge in [-0.1, -0.05) is 0 Å². The highest BCUT2D eigenvalue weighted by atomic mass is 19.1. The molecule has 0 aromatic heterocycles. The predicted molar refractivity (Wildman–Crippen MR) is 76.1 cm³/mol. The summed E-state index contributed by atoms with van der Waals surface area (Å²) >= 11 is 0. The number of rotatable bonds is 4. The third-order valence-electron chi connectivity index (χ3n) is 2.99. The molecule has 2 aromatic carbocycles. The molecule has 0 spiro atoms. The van der Waals surface area contributed by atoms with E-state index in [0.717, 1.165) is 0 Å². The van der Waals surface area contributed by atoms with Gasteiger partial charge in [0, 0.05) is 23.5 Å². The van der Waals surface area contributed by atoms with Gasteiger partial charge in [0.2, 0.25) is 6.79 Å². The van der Waals surface area contributed by atoms with Gasteiger partial charge in [-0.05, 0) is 42.5 Å². The van der Waals surface area contributed by atoms with Crippen LogP contribution in [0.5, 0.6) is 11.5 Å². The lowest BCUT2D eigenvalue weighted by Crippen LogP contribution is -1.96. The van der Waals surface area contributed by atoms with Gasteiger partial charge in [0.15, 0.2) is 17.3 Å². The summed E-state index contributed by atoms with van der Waals surface area (Å²) in [6, 6.07) is 10.9. The summed E-state index contributed by atoms with van der Waals surface area (Å²) in [7, 11) is 0. The molecule has 21 heavy (non-hydrogen) atoms. The molecule has 0 unspecified atom stereocenters. The van der Waals surface area contributed by atoms with Gasteiger partial charge in [-0.15, -0.1) is 0 Å². The van der Waals surface area contributed by atoms with E-state index in [9.17, 15) is 9.18 Å². The van der Waals surface area contributed by atoms with Crippen molar-refractivity contribution in [3.63, 3.8) is 0 Å². The Morgan fingerprint density at radius 1 is 1.10 bits per heavy atom. The summed E-state index contributed by atoms with van der Waals surface area (Å²) in [5.41, 5.74) is 1.21. The summed E-state index contributed by atoms with van der Waals surface area (Å²) < 4.78 is 23.2. The molecule has 0 saturated carbocycles. The van der Waals surface area contributed by atoms with Crippen LogP contribution in [0.3, 0.4) is 0 Å². The smallest absolute Gasteiger partial charge is 0.231 e. The van der Waals surface area contributed by atoms with Crippen LogP contribution in [-0.4, -0.2) is 12.6 Å². The zero-order valence-corrected chi connectivity index (χ0v) is 11.0. The van der Waals surface area contributed by atoms with Crippen molar-refractivity contribution in [2.24, 2.45) is 0 Å². The van der Waals surface area contributed by atoms with Crippen LogP contribution < -0.4 is 14.8 Å². The Morgan fingerprint density at radius 3 is 2.67 bits per heavy atom. The van der Waals surface area contributed by atoms with Gasteiger partial charge in [-0.2, -0.15) is 0 Å². The van der Waals surface area contributed by atoms with Crippen LogP contribution in [0.2, 0.25) is 0 Å². The number of benzene rings is 2. The van der Waals surface area contributed by atoms with E-state index in [1.807, 2.05) is 0 Å². The molecule has 1 N–H and O–H groups in total. The lowest BCUT2D eigenvalue weighted by Gasteiger charge is -2.01. The van der Waals surface area contributed by atoms with Crippen LogP contribution in [0.15, 0.2) is 54.7 Å². The average Bonchev–Trinajstić information content (AvgIpc) is 2.96. The Labute approximate surface area is 120 Å². The average molecular weight is 285 g/mol. The molecule has 1 heterocycles. The lowest BCUT2D eigenvalue weighted by atomic mass is 10.1. The second-order valence-corrected chi connectivity index (χ2v) is 4.42. The van der Waals surface area contributed by atoms with E-state index in [2.05, 4.69) is 5.32 Å². The zero-order valence-electron chi connectivity index (χ0n) is 11.0. The minimum atomic E-state index is -0.305. The van der Waals surface area contributed by atoms with Crippen molar-refractivity contribution in [3.8, 4) is 11.5 Å². The van der Waals surface area contributed by atoms with Gasteiger partial charge in [-0.25, -0.2) is 4.39 Å². The van der Waals surface area contributed by atoms with Crippen molar-refractivity contribution in [2.45, 2.75) is 0 Å². The molecule has 0 aliphatic carbocycles. The maximum Gasteiger partial charge on any atom is 0.231 e. The van der Waals surface area contributed by atoms with Crippen LogP contribution in [0.25, 0.3) is 0 Å². The Kier molecular flexibility index (Phi) is 3.55. The van der Waals surface area contributed by atoms with Crippen LogP contribution in [0.1, 0.15) is 10.4 Å². The number of anilines is 1. The van der Waals surface area contributed by atoms with Gasteiger partial charge in [-0.3, -0.25) is 4.79 Å².